The molecule has 3 amide bonds. The standard InChI is InChI=1S/C25H25N3O3/c1-31-22-14-8-13-21(16-22)28-17-20(15-23(28)29)26-25(30)27-24(18-9-4-2-5-10-18)19-11-6-3-7-12-19/h2-14,16,20,24H,15,17H2,1H3,(H2,26,27,30). The fourth-order valence-electron chi connectivity index (χ4n) is 3.84. The number of anilines is 1. The van der Waals surface area contributed by atoms with Crippen LogP contribution in [0.3, 0.4) is 0 Å². The van der Waals surface area contributed by atoms with Gasteiger partial charge in [-0.3, -0.25) is 4.79 Å². The first-order valence-electron chi connectivity index (χ1n) is 10.3. The molecule has 1 aliphatic heterocycles. The number of hydrogen-bond acceptors (Lipinski definition) is 3. The summed E-state index contributed by atoms with van der Waals surface area (Å²) in [6, 6.07) is 26.2. The predicted molar refractivity (Wildman–Crippen MR) is 120 cm³/mol. The third kappa shape index (κ3) is 4.86. The van der Waals surface area contributed by atoms with Crippen molar-refractivity contribution in [2.45, 2.75) is 18.5 Å². The number of urea groups is 1. The number of carbonyl (C=O) groups excluding carboxylic acids is 2. The van der Waals surface area contributed by atoms with Crippen LogP contribution in [0.2, 0.25) is 0 Å². The Balaban J connectivity index is 1.44. The molecule has 0 bridgehead atoms. The van der Waals surface area contributed by atoms with E-state index in [9.17, 15) is 9.59 Å². The normalized spacial score (nSPS) is 15.7. The molecule has 1 aliphatic rings. The van der Waals surface area contributed by atoms with E-state index in [0.717, 1.165) is 16.8 Å². The van der Waals surface area contributed by atoms with Crippen molar-refractivity contribution in [3.8, 4) is 5.75 Å². The maximum Gasteiger partial charge on any atom is 0.315 e. The number of benzene rings is 3. The molecule has 1 unspecified atom stereocenters. The number of ether oxygens (including phenoxy) is 1. The smallest absolute Gasteiger partial charge is 0.315 e. The number of amides is 3. The van der Waals surface area contributed by atoms with Crippen LogP contribution >= 0.6 is 0 Å². The third-order valence-corrected chi connectivity index (χ3v) is 5.37. The van der Waals surface area contributed by atoms with Crippen molar-refractivity contribution >= 4 is 17.6 Å². The molecule has 1 fully saturated rings. The van der Waals surface area contributed by atoms with Crippen LogP contribution < -0.4 is 20.3 Å². The Labute approximate surface area is 181 Å². The second kappa shape index (κ2) is 9.34. The van der Waals surface area contributed by atoms with Crippen molar-refractivity contribution < 1.29 is 14.3 Å². The minimum atomic E-state index is -0.303. The van der Waals surface area contributed by atoms with Gasteiger partial charge in [0, 0.05) is 24.7 Å². The fraction of sp³-hybridized carbons (Fsp3) is 0.200. The molecule has 2 N–H and O–H groups in total. The van der Waals surface area contributed by atoms with Gasteiger partial charge in [0.05, 0.1) is 19.2 Å². The molecule has 0 spiro atoms. The van der Waals surface area contributed by atoms with Gasteiger partial charge in [0.15, 0.2) is 0 Å². The van der Waals surface area contributed by atoms with E-state index in [-0.39, 0.29) is 30.4 Å². The monoisotopic (exact) mass is 415 g/mol. The van der Waals surface area contributed by atoms with Crippen LogP contribution in [0, 0.1) is 0 Å². The van der Waals surface area contributed by atoms with Crippen LogP contribution in [0.15, 0.2) is 84.9 Å². The molecule has 158 valence electrons. The molecule has 3 aromatic rings. The summed E-state index contributed by atoms with van der Waals surface area (Å²) in [5.41, 5.74) is 2.74. The van der Waals surface area contributed by atoms with Crippen LogP contribution in [0.5, 0.6) is 5.75 Å². The van der Waals surface area contributed by atoms with Gasteiger partial charge >= 0.3 is 6.03 Å². The molecule has 0 radical (unpaired) electrons. The van der Waals surface area contributed by atoms with Gasteiger partial charge in [0.2, 0.25) is 5.91 Å². The van der Waals surface area contributed by atoms with Crippen LogP contribution in [0.1, 0.15) is 23.6 Å². The summed E-state index contributed by atoms with van der Waals surface area (Å²) in [6.07, 6.45) is 0.256. The third-order valence-electron chi connectivity index (χ3n) is 5.37. The van der Waals surface area contributed by atoms with Crippen molar-refractivity contribution in [2.75, 3.05) is 18.6 Å². The maximum absolute atomic E-state index is 12.8. The molecule has 1 atom stereocenters. The lowest BCUT2D eigenvalue weighted by Gasteiger charge is -2.22. The van der Waals surface area contributed by atoms with E-state index in [1.165, 1.54) is 0 Å². The minimum absolute atomic E-state index is 0.0266. The molecule has 0 aliphatic carbocycles. The van der Waals surface area contributed by atoms with Crippen molar-refractivity contribution in [3.05, 3.63) is 96.1 Å². The van der Waals surface area contributed by atoms with Crippen molar-refractivity contribution in [3.63, 3.8) is 0 Å². The lowest BCUT2D eigenvalue weighted by molar-refractivity contribution is -0.117. The van der Waals surface area contributed by atoms with Crippen LogP contribution in [0.4, 0.5) is 10.5 Å². The van der Waals surface area contributed by atoms with Gasteiger partial charge < -0.3 is 20.3 Å². The highest BCUT2D eigenvalue weighted by Gasteiger charge is 2.32. The number of carbonyl (C=O) groups is 2. The molecule has 0 saturated carbocycles. The second-order valence-electron chi connectivity index (χ2n) is 7.48. The van der Waals surface area contributed by atoms with Crippen molar-refractivity contribution in [1.82, 2.24) is 10.6 Å². The van der Waals surface area contributed by atoms with Crippen LogP contribution in [-0.4, -0.2) is 31.6 Å². The lowest BCUT2D eigenvalue weighted by atomic mass is 9.99. The SMILES string of the molecule is COc1cccc(N2CC(NC(=O)NC(c3ccccc3)c3ccccc3)CC2=O)c1. The molecule has 1 saturated heterocycles. The Kier molecular flexibility index (Phi) is 6.17. The Morgan fingerprint density at radius 2 is 1.61 bits per heavy atom. The topological polar surface area (TPSA) is 70.7 Å². The van der Waals surface area contributed by atoms with E-state index >= 15 is 0 Å². The van der Waals surface area contributed by atoms with E-state index in [1.807, 2.05) is 84.9 Å². The number of rotatable bonds is 6. The molecule has 4 rings (SSSR count). The van der Waals surface area contributed by atoms with Crippen molar-refractivity contribution in [1.29, 1.82) is 0 Å². The first-order chi connectivity index (χ1) is 15.1. The van der Waals surface area contributed by atoms with Gasteiger partial charge in [0.1, 0.15) is 5.75 Å². The summed E-state index contributed by atoms with van der Waals surface area (Å²) < 4.78 is 5.25. The largest absolute Gasteiger partial charge is 0.497 e. The Bertz CT molecular complexity index is 1000. The zero-order valence-electron chi connectivity index (χ0n) is 17.3. The minimum Gasteiger partial charge on any atom is -0.497 e. The summed E-state index contributed by atoms with van der Waals surface area (Å²) in [7, 11) is 1.59. The Morgan fingerprint density at radius 1 is 0.968 bits per heavy atom. The zero-order chi connectivity index (χ0) is 21.6. The molecular weight excluding hydrogens is 390 g/mol. The van der Waals surface area contributed by atoms with Gasteiger partial charge in [-0.25, -0.2) is 4.79 Å². The highest BCUT2D eigenvalue weighted by molar-refractivity contribution is 5.97. The Morgan fingerprint density at radius 3 is 2.23 bits per heavy atom. The quantitative estimate of drug-likeness (QED) is 0.642. The number of nitrogens with one attached hydrogen (secondary N) is 2. The first kappa shape index (κ1) is 20.5. The summed E-state index contributed by atoms with van der Waals surface area (Å²) in [5, 5.41) is 6.03. The highest BCUT2D eigenvalue weighted by Crippen LogP contribution is 2.26. The van der Waals surface area contributed by atoms with Crippen molar-refractivity contribution in [2.24, 2.45) is 0 Å². The van der Waals surface area contributed by atoms with E-state index in [4.69, 9.17) is 4.74 Å². The predicted octanol–water partition coefficient (Wildman–Crippen LogP) is 3.89. The molecule has 31 heavy (non-hydrogen) atoms. The number of nitrogens with zero attached hydrogens (tertiary/aromatic N) is 1. The van der Waals surface area contributed by atoms with Gasteiger partial charge in [-0.2, -0.15) is 0 Å². The summed E-state index contributed by atoms with van der Waals surface area (Å²) >= 11 is 0. The summed E-state index contributed by atoms with van der Waals surface area (Å²) in [5.74, 6) is 0.661. The van der Waals surface area contributed by atoms with Crippen LogP contribution in [-0.2, 0) is 4.79 Å². The van der Waals surface area contributed by atoms with Gasteiger partial charge in [-0.1, -0.05) is 66.7 Å². The average Bonchev–Trinajstić information content (AvgIpc) is 3.18. The number of hydrogen-bond donors (Lipinski definition) is 2. The van der Waals surface area contributed by atoms with Gasteiger partial charge in [-0.15, -0.1) is 0 Å². The van der Waals surface area contributed by atoms with E-state index < -0.39 is 0 Å². The number of methoxy groups -OCH3 is 1. The van der Waals surface area contributed by atoms with Gasteiger partial charge in [-0.05, 0) is 23.3 Å². The molecular formula is C25H25N3O3. The molecule has 3 aromatic carbocycles. The maximum atomic E-state index is 12.8. The average molecular weight is 415 g/mol. The molecule has 6 nitrogen and oxygen atoms in total. The summed E-state index contributed by atoms with van der Waals surface area (Å²) in [6.45, 7) is 0.417. The van der Waals surface area contributed by atoms with E-state index in [2.05, 4.69) is 10.6 Å². The summed E-state index contributed by atoms with van der Waals surface area (Å²) in [4.78, 5) is 27.1. The van der Waals surface area contributed by atoms with Gasteiger partial charge in [0.25, 0.3) is 0 Å². The lowest BCUT2D eigenvalue weighted by Crippen LogP contribution is -2.44. The van der Waals surface area contributed by atoms with Crippen LogP contribution in [0.25, 0.3) is 0 Å². The fourth-order valence-corrected chi connectivity index (χ4v) is 3.84. The zero-order valence-corrected chi connectivity index (χ0v) is 17.3. The second-order valence-corrected chi connectivity index (χ2v) is 7.48. The van der Waals surface area contributed by atoms with E-state index in [0.29, 0.717) is 12.3 Å². The highest BCUT2D eigenvalue weighted by atomic mass is 16.5. The molecule has 1 heterocycles. The Hall–Kier alpha value is -3.80. The van der Waals surface area contributed by atoms with E-state index in [1.54, 1.807) is 12.0 Å². The molecule has 6 heteroatoms. The first-order valence-corrected chi connectivity index (χ1v) is 10.3. The molecule has 0 aromatic heterocycles.